The Kier molecular flexibility index (Phi) is 6.03. The molecule has 158 valence electrons. The second kappa shape index (κ2) is 9.04. The summed E-state index contributed by atoms with van der Waals surface area (Å²) in [5.41, 5.74) is 3.55. The Morgan fingerprint density at radius 2 is 1.77 bits per heavy atom. The number of para-hydroxylation sites is 3. The minimum Gasteiger partial charge on any atom is -0.457 e. The summed E-state index contributed by atoms with van der Waals surface area (Å²) < 4.78 is 6.10. The molecule has 0 spiro atoms. The zero-order valence-electron chi connectivity index (χ0n) is 17.8. The van der Waals surface area contributed by atoms with Crippen molar-refractivity contribution >= 4 is 17.5 Å². The van der Waals surface area contributed by atoms with Crippen molar-refractivity contribution in [3.8, 4) is 11.5 Å². The average molecular weight is 415 g/mol. The van der Waals surface area contributed by atoms with Crippen molar-refractivity contribution in [2.24, 2.45) is 0 Å². The van der Waals surface area contributed by atoms with Crippen LogP contribution in [0.2, 0.25) is 0 Å². The molecular formula is C26H26N2O3. The molecule has 1 atom stereocenters. The van der Waals surface area contributed by atoms with Gasteiger partial charge >= 0.3 is 0 Å². The predicted molar refractivity (Wildman–Crippen MR) is 121 cm³/mol. The van der Waals surface area contributed by atoms with Crippen LogP contribution in [0.1, 0.15) is 36.1 Å². The van der Waals surface area contributed by atoms with Gasteiger partial charge in [0.15, 0.2) is 0 Å². The third-order valence-electron chi connectivity index (χ3n) is 5.62. The van der Waals surface area contributed by atoms with Crippen molar-refractivity contribution in [1.29, 1.82) is 0 Å². The molecule has 3 aromatic carbocycles. The van der Waals surface area contributed by atoms with Gasteiger partial charge in [0, 0.05) is 24.2 Å². The van der Waals surface area contributed by atoms with E-state index in [4.69, 9.17) is 4.74 Å². The van der Waals surface area contributed by atoms with Crippen LogP contribution < -0.4 is 10.1 Å². The minimum atomic E-state index is -0.759. The second-order valence-corrected chi connectivity index (χ2v) is 7.64. The Balaban J connectivity index is 1.70. The number of hydrogen-bond acceptors (Lipinski definition) is 3. The van der Waals surface area contributed by atoms with Crippen LogP contribution in [0.3, 0.4) is 0 Å². The monoisotopic (exact) mass is 414 g/mol. The molecule has 2 amide bonds. The minimum absolute atomic E-state index is 0.0323. The van der Waals surface area contributed by atoms with Crippen LogP contribution >= 0.6 is 0 Å². The van der Waals surface area contributed by atoms with Gasteiger partial charge < -0.3 is 15.0 Å². The Labute approximate surface area is 182 Å². The highest BCUT2D eigenvalue weighted by Crippen LogP contribution is 2.36. The molecule has 1 N–H and O–H groups in total. The molecule has 1 heterocycles. The highest BCUT2D eigenvalue weighted by Gasteiger charge is 2.38. The molecular weight excluding hydrogens is 388 g/mol. The number of aryl methyl sites for hydroxylation is 2. The Hall–Kier alpha value is -3.60. The van der Waals surface area contributed by atoms with Crippen LogP contribution in [0.25, 0.3) is 0 Å². The number of nitrogens with one attached hydrogen (secondary N) is 1. The van der Waals surface area contributed by atoms with E-state index in [2.05, 4.69) is 12.2 Å². The Morgan fingerprint density at radius 1 is 1.03 bits per heavy atom. The van der Waals surface area contributed by atoms with Crippen LogP contribution in [0.15, 0.2) is 72.8 Å². The van der Waals surface area contributed by atoms with Crippen molar-refractivity contribution in [2.45, 2.75) is 32.7 Å². The maximum atomic E-state index is 13.6. The van der Waals surface area contributed by atoms with E-state index in [1.54, 1.807) is 4.90 Å². The average Bonchev–Trinajstić information content (AvgIpc) is 2.78. The largest absolute Gasteiger partial charge is 0.457 e. The zero-order chi connectivity index (χ0) is 21.8. The highest BCUT2D eigenvalue weighted by molar-refractivity contribution is 6.00. The number of carbonyl (C=O) groups excluding carboxylic acids is 2. The lowest BCUT2D eigenvalue weighted by molar-refractivity contribution is -0.147. The molecule has 0 radical (unpaired) electrons. The van der Waals surface area contributed by atoms with E-state index in [1.165, 1.54) is 0 Å². The molecule has 0 saturated carbocycles. The van der Waals surface area contributed by atoms with E-state index in [9.17, 15) is 9.59 Å². The van der Waals surface area contributed by atoms with Crippen molar-refractivity contribution in [3.05, 3.63) is 89.5 Å². The molecule has 4 rings (SSSR count). The Bertz CT molecular complexity index is 1090. The number of rotatable bonds is 7. The van der Waals surface area contributed by atoms with Crippen molar-refractivity contribution in [3.63, 3.8) is 0 Å². The van der Waals surface area contributed by atoms with Crippen molar-refractivity contribution < 1.29 is 14.3 Å². The molecule has 1 aliphatic rings. The molecule has 3 aromatic rings. The summed E-state index contributed by atoms with van der Waals surface area (Å²) in [6.07, 6.45) is 1.26. The van der Waals surface area contributed by atoms with Gasteiger partial charge in [0.2, 0.25) is 5.91 Å². The van der Waals surface area contributed by atoms with Crippen molar-refractivity contribution in [1.82, 2.24) is 4.90 Å². The van der Waals surface area contributed by atoms with Gasteiger partial charge in [0.1, 0.15) is 17.5 Å². The van der Waals surface area contributed by atoms with Crippen LogP contribution in [0, 0.1) is 6.92 Å². The lowest BCUT2D eigenvalue weighted by Crippen LogP contribution is -2.49. The molecule has 5 heteroatoms. The third kappa shape index (κ3) is 4.31. The number of carbonyl (C=O) groups is 2. The maximum Gasteiger partial charge on any atom is 0.251 e. The SMILES string of the molecule is CCc1cccc(C)c1NC(=O)C(c1ccccc1Oc1ccccc1)N1CCC1=O. The van der Waals surface area contributed by atoms with Gasteiger partial charge in [-0.15, -0.1) is 0 Å². The lowest BCUT2D eigenvalue weighted by Gasteiger charge is -2.38. The fourth-order valence-electron chi connectivity index (χ4n) is 3.86. The summed E-state index contributed by atoms with van der Waals surface area (Å²) in [4.78, 5) is 27.5. The lowest BCUT2D eigenvalue weighted by atomic mass is 9.98. The maximum absolute atomic E-state index is 13.6. The number of β-lactam (4-membered cyclic amide) rings is 1. The zero-order valence-corrected chi connectivity index (χ0v) is 17.8. The second-order valence-electron chi connectivity index (χ2n) is 7.64. The Morgan fingerprint density at radius 3 is 2.45 bits per heavy atom. The first-order valence-corrected chi connectivity index (χ1v) is 10.6. The van der Waals surface area contributed by atoms with Gasteiger partial charge in [-0.3, -0.25) is 9.59 Å². The summed E-state index contributed by atoms with van der Waals surface area (Å²) in [7, 11) is 0. The summed E-state index contributed by atoms with van der Waals surface area (Å²) in [5.74, 6) is 0.974. The molecule has 0 aromatic heterocycles. The first-order chi connectivity index (χ1) is 15.1. The molecule has 0 bridgehead atoms. The van der Waals surface area contributed by atoms with E-state index in [0.717, 1.165) is 23.2 Å². The van der Waals surface area contributed by atoms with Crippen LogP contribution in [-0.4, -0.2) is 23.3 Å². The summed E-state index contributed by atoms with van der Waals surface area (Å²) in [6.45, 7) is 4.58. The fourth-order valence-corrected chi connectivity index (χ4v) is 3.86. The summed E-state index contributed by atoms with van der Waals surface area (Å²) in [6, 6.07) is 22.1. The highest BCUT2D eigenvalue weighted by atomic mass is 16.5. The van der Waals surface area contributed by atoms with E-state index in [1.807, 2.05) is 79.7 Å². The number of nitrogens with zero attached hydrogens (tertiary/aromatic N) is 1. The van der Waals surface area contributed by atoms with Crippen LogP contribution in [0.4, 0.5) is 5.69 Å². The van der Waals surface area contributed by atoms with E-state index in [-0.39, 0.29) is 11.8 Å². The third-order valence-corrected chi connectivity index (χ3v) is 5.62. The van der Waals surface area contributed by atoms with E-state index < -0.39 is 6.04 Å². The molecule has 0 aliphatic carbocycles. The molecule has 1 unspecified atom stereocenters. The quantitative estimate of drug-likeness (QED) is 0.537. The predicted octanol–water partition coefficient (Wildman–Crippen LogP) is 5.26. The molecule has 5 nitrogen and oxygen atoms in total. The van der Waals surface area contributed by atoms with Gasteiger partial charge in [-0.2, -0.15) is 0 Å². The normalized spacial score (nSPS) is 14.0. The molecule has 1 fully saturated rings. The number of hydrogen-bond donors (Lipinski definition) is 1. The van der Waals surface area contributed by atoms with Crippen molar-refractivity contribution in [2.75, 3.05) is 11.9 Å². The summed E-state index contributed by atoms with van der Waals surface area (Å²) >= 11 is 0. The smallest absolute Gasteiger partial charge is 0.251 e. The topological polar surface area (TPSA) is 58.6 Å². The van der Waals surface area contributed by atoms with Gasteiger partial charge in [0.05, 0.1) is 0 Å². The van der Waals surface area contributed by atoms with Gasteiger partial charge in [-0.25, -0.2) is 0 Å². The first-order valence-electron chi connectivity index (χ1n) is 10.6. The van der Waals surface area contributed by atoms with Crippen LogP contribution in [0.5, 0.6) is 11.5 Å². The molecule has 1 saturated heterocycles. The fraction of sp³-hybridized carbons (Fsp3) is 0.231. The van der Waals surface area contributed by atoms with E-state index >= 15 is 0 Å². The standard InChI is InChI=1S/C26H26N2O3/c1-3-19-11-9-10-18(2)24(19)27-26(30)25(28-17-16-23(28)29)21-14-7-8-15-22(21)31-20-12-5-4-6-13-20/h4-15,25H,3,16-17H2,1-2H3,(H,27,30). The number of likely N-dealkylation sites (tertiary alicyclic amines) is 1. The van der Waals surface area contributed by atoms with Crippen LogP contribution in [-0.2, 0) is 16.0 Å². The number of anilines is 1. The van der Waals surface area contributed by atoms with Gasteiger partial charge in [-0.1, -0.05) is 61.5 Å². The number of amides is 2. The first kappa shape index (κ1) is 20.7. The van der Waals surface area contributed by atoms with Gasteiger partial charge in [0.25, 0.3) is 5.91 Å². The van der Waals surface area contributed by atoms with Gasteiger partial charge in [-0.05, 0) is 42.7 Å². The summed E-state index contributed by atoms with van der Waals surface area (Å²) in [5, 5.41) is 3.10. The van der Waals surface area contributed by atoms with E-state index in [0.29, 0.717) is 30.0 Å². The number of benzene rings is 3. The number of ether oxygens (including phenoxy) is 1. The molecule has 31 heavy (non-hydrogen) atoms. The molecule has 1 aliphatic heterocycles.